The molecule has 2 rings (SSSR count). The van der Waals surface area contributed by atoms with Crippen LogP contribution in [0.1, 0.15) is 4.88 Å². The molecular formula is C12H12O2S2. The molecule has 1 atom stereocenters. The highest BCUT2D eigenvalue weighted by molar-refractivity contribution is 7.10. The third kappa shape index (κ3) is 5.69. The fourth-order valence-electron chi connectivity index (χ4n) is 0.777. The Labute approximate surface area is 103 Å². The van der Waals surface area contributed by atoms with Gasteiger partial charge in [0.25, 0.3) is 0 Å². The molecule has 0 bridgehead atoms. The van der Waals surface area contributed by atoms with Crippen LogP contribution in [0.5, 0.6) is 0 Å². The van der Waals surface area contributed by atoms with E-state index in [1.807, 2.05) is 40.4 Å². The van der Waals surface area contributed by atoms with Crippen LogP contribution in [0.2, 0.25) is 0 Å². The van der Waals surface area contributed by atoms with E-state index in [-0.39, 0.29) is 6.61 Å². The van der Waals surface area contributed by atoms with Crippen molar-refractivity contribution in [2.24, 2.45) is 0 Å². The molecule has 0 aliphatic rings. The lowest BCUT2D eigenvalue weighted by Gasteiger charge is -1.92. The maximum atomic E-state index is 8.84. The third-order valence-electron chi connectivity index (χ3n) is 1.48. The molecule has 2 aromatic rings. The van der Waals surface area contributed by atoms with Gasteiger partial charge in [-0.2, -0.15) is 11.3 Å². The van der Waals surface area contributed by atoms with Gasteiger partial charge in [-0.3, -0.25) is 0 Å². The van der Waals surface area contributed by atoms with Crippen molar-refractivity contribution in [3.63, 3.8) is 0 Å². The van der Waals surface area contributed by atoms with E-state index in [2.05, 4.69) is 11.8 Å². The lowest BCUT2D eigenvalue weighted by molar-refractivity contribution is 0.138. The topological polar surface area (TPSA) is 40.5 Å². The Morgan fingerprint density at radius 2 is 1.94 bits per heavy atom. The van der Waals surface area contributed by atoms with Gasteiger partial charge in [-0.1, -0.05) is 30.0 Å². The Morgan fingerprint density at radius 1 is 1.19 bits per heavy atom. The fraction of sp³-hybridized carbons (Fsp3) is 0.167. The number of rotatable bonds is 1. The molecule has 16 heavy (non-hydrogen) atoms. The SMILES string of the molecule is OCC(O)C#Cc1cccs1.c1ccsc1. The smallest absolute Gasteiger partial charge is 0.138 e. The van der Waals surface area contributed by atoms with E-state index in [0.29, 0.717) is 0 Å². The van der Waals surface area contributed by atoms with Crippen molar-refractivity contribution >= 4 is 22.7 Å². The van der Waals surface area contributed by atoms with Crippen molar-refractivity contribution in [1.82, 2.24) is 0 Å². The molecule has 2 heterocycles. The molecule has 2 nitrogen and oxygen atoms in total. The Hall–Kier alpha value is -1.12. The lowest BCUT2D eigenvalue weighted by Crippen LogP contribution is -2.07. The van der Waals surface area contributed by atoms with E-state index in [0.717, 1.165) is 4.88 Å². The minimum atomic E-state index is -0.919. The second-order valence-corrected chi connectivity index (χ2v) is 4.50. The predicted octanol–water partition coefficient (Wildman–Crippen LogP) is 2.20. The predicted molar refractivity (Wildman–Crippen MR) is 68.6 cm³/mol. The quantitative estimate of drug-likeness (QED) is 0.764. The van der Waals surface area contributed by atoms with E-state index < -0.39 is 6.10 Å². The zero-order chi connectivity index (χ0) is 11.6. The van der Waals surface area contributed by atoms with Crippen molar-refractivity contribution in [1.29, 1.82) is 0 Å². The highest BCUT2D eigenvalue weighted by Crippen LogP contribution is 2.05. The summed E-state index contributed by atoms with van der Waals surface area (Å²) in [4.78, 5) is 0.900. The highest BCUT2D eigenvalue weighted by Gasteiger charge is 1.92. The molecule has 0 spiro atoms. The van der Waals surface area contributed by atoms with Crippen LogP contribution in [-0.4, -0.2) is 22.9 Å². The molecule has 4 heteroatoms. The van der Waals surface area contributed by atoms with Gasteiger partial charge in [0.2, 0.25) is 0 Å². The summed E-state index contributed by atoms with van der Waals surface area (Å²) in [7, 11) is 0. The van der Waals surface area contributed by atoms with Crippen LogP contribution >= 0.6 is 22.7 Å². The molecule has 0 radical (unpaired) electrons. The van der Waals surface area contributed by atoms with Crippen LogP contribution in [-0.2, 0) is 0 Å². The van der Waals surface area contributed by atoms with Gasteiger partial charge in [0.15, 0.2) is 0 Å². The van der Waals surface area contributed by atoms with Crippen LogP contribution < -0.4 is 0 Å². The van der Waals surface area contributed by atoms with Gasteiger partial charge in [-0.05, 0) is 22.2 Å². The van der Waals surface area contributed by atoms with Crippen LogP contribution in [0, 0.1) is 11.8 Å². The van der Waals surface area contributed by atoms with Crippen LogP contribution in [0.15, 0.2) is 40.4 Å². The summed E-state index contributed by atoms with van der Waals surface area (Å²) < 4.78 is 0. The molecule has 0 aliphatic heterocycles. The maximum absolute atomic E-state index is 8.84. The van der Waals surface area contributed by atoms with E-state index in [1.165, 1.54) is 11.3 Å². The molecule has 0 saturated carbocycles. The summed E-state index contributed by atoms with van der Waals surface area (Å²) in [5.41, 5.74) is 0. The van der Waals surface area contributed by atoms with Gasteiger partial charge in [-0.15, -0.1) is 11.3 Å². The average molecular weight is 252 g/mol. The first kappa shape index (κ1) is 12.9. The lowest BCUT2D eigenvalue weighted by atomic mass is 10.3. The van der Waals surface area contributed by atoms with E-state index in [4.69, 9.17) is 10.2 Å². The standard InChI is InChI=1S/C8H8O2S.C4H4S/c9-6-7(10)3-4-8-2-1-5-11-8;1-2-4-5-3-1/h1-2,5,7,9-10H,6H2;1-4H. The maximum Gasteiger partial charge on any atom is 0.138 e. The summed E-state index contributed by atoms with van der Waals surface area (Å²) in [5, 5.41) is 23.2. The van der Waals surface area contributed by atoms with Crippen molar-refractivity contribution in [2.75, 3.05) is 6.61 Å². The van der Waals surface area contributed by atoms with Crippen LogP contribution in [0.3, 0.4) is 0 Å². The molecule has 0 aromatic carbocycles. The van der Waals surface area contributed by atoms with Gasteiger partial charge in [0.1, 0.15) is 6.10 Å². The zero-order valence-corrected chi connectivity index (χ0v) is 10.2. The monoisotopic (exact) mass is 252 g/mol. The number of thiophene rings is 2. The molecule has 1 unspecified atom stereocenters. The molecule has 0 amide bonds. The summed E-state index contributed by atoms with van der Waals surface area (Å²) in [6, 6.07) is 7.79. The second-order valence-electron chi connectivity index (χ2n) is 2.74. The Morgan fingerprint density at radius 3 is 2.38 bits per heavy atom. The summed E-state index contributed by atoms with van der Waals surface area (Å²) in [6.45, 7) is -0.307. The normalized spacial score (nSPS) is 10.6. The fourth-order valence-corrected chi connectivity index (χ4v) is 1.81. The largest absolute Gasteiger partial charge is 0.393 e. The Kier molecular flexibility index (Phi) is 6.54. The molecule has 2 aromatic heterocycles. The minimum absolute atomic E-state index is 0.307. The Bertz CT molecular complexity index is 392. The molecule has 0 saturated heterocycles. The van der Waals surface area contributed by atoms with Crippen LogP contribution in [0.4, 0.5) is 0 Å². The van der Waals surface area contributed by atoms with Gasteiger partial charge < -0.3 is 10.2 Å². The van der Waals surface area contributed by atoms with E-state index >= 15 is 0 Å². The number of aliphatic hydroxyl groups is 2. The average Bonchev–Trinajstić information content (AvgIpc) is 3.00. The summed E-state index contributed by atoms with van der Waals surface area (Å²) in [5.74, 6) is 5.23. The van der Waals surface area contributed by atoms with Crippen molar-refractivity contribution in [3.05, 3.63) is 45.3 Å². The molecule has 84 valence electrons. The minimum Gasteiger partial charge on any atom is -0.393 e. The number of hydrogen-bond acceptors (Lipinski definition) is 4. The van der Waals surface area contributed by atoms with Gasteiger partial charge in [0.05, 0.1) is 11.5 Å². The molecule has 2 N–H and O–H groups in total. The highest BCUT2D eigenvalue weighted by atomic mass is 32.1. The van der Waals surface area contributed by atoms with Gasteiger partial charge in [-0.25, -0.2) is 0 Å². The molecular weight excluding hydrogens is 240 g/mol. The van der Waals surface area contributed by atoms with Crippen LogP contribution in [0.25, 0.3) is 0 Å². The number of aliphatic hydroxyl groups excluding tert-OH is 2. The summed E-state index contributed by atoms with van der Waals surface area (Å²) >= 11 is 3.22. The second kappa shape index (κ2) is 8.08. The van der Waals surface area contributed by atoms with E-state index in [9.17, 15) is 0 Å². The van der Waals surface area contributed by atoms with Crippen molar-refractivity contribution in [2.45, 2.75) is 6.10 Å². The van der Waals surface area contributed by atoms with Gasteiger partial charge in [0, 0.05) is 0 Å². The molecule has 0 aliphatic carbocycles. The third-order valence-corrected chi connectivity index (χ3v) is 2.90. The van der Waals surface area contributed by atoms with Gasteiger partial charge >= 0.3 is 0 Å². The van der Waals surface area contributed by atoms with Crippen molar-refractivity contribution < 1.29 is 10.2 Å². The number of hydrogen-bond donors (Lipinski definition) is 2. The summed E-state index contributed by atoms with van der Waals surface area (Å²) in [6.07, 6.45) is -0.919. The first-order valence-corrected chi connectivity index (χ1v) is 6.46. The first-order chi connectivity index (χ1) is 7.83. The van der Waals surface area contributed by atoms with Crippen molar-refractivity contribution in [3.8, 4) is 11.8 Å². The first-order valence-electron chi connectivity index (χ1n) is 4.64. The zero-order valence-electron chi connectivity index (χ0n) is 8.54. The Balaban J connectivity index is 0.000000212. The van der Waals surface area contributed by atoms with E-state index in [1.54, 1.807) is 11.3 Å². The molecule has 0 fully saturated rings.